The Labute approximate surface area is 107 Å². The van der Waals surface area contributed by atoms with Gasteiger partial charge in [0.15, 0.2) is 0 Å². The standard InChI is InChI=1S/C11H22N2O3S/c1-8(2)7-9(10(14)15)12-11(16)13(3)5-6-17-4/h8-9H,5-7H2,1-4H3,(H,12,16)(H,14,15). The average molecular weight is 262 g/mol. The fourth-order valence-electron chi connectivity index (χ4n) is 1.28. The van der Waals surface area contributed by atoms with E-state index in [0.717, 1.165) is 5.75 Å². The SMILES string of the molecule is CSCCN(C)C(=O)NC(CC(C)C)C(=O)O. The smallest absolute Gasteiger partial charge is 0.326 e. The van der Waals surface area contributed by atoms with Gasteiger partial charge in [-0.3, -0.25) is 0 Å². The molecule has 0 aliphatic carbocycles. The number of hydrogen-bond donors (Lipinski definition) is 2. The maximum atomic E-state index is 11.7. The van der Waals surface area contributed by atoms with Crippen LogP contribution in [0.2, 0.25) is 0 Å². The van der Waals surface area contributed by atoms with E-state index < -0.39 is 12.0 Å². The molecule has 0 radical (unpaired) electrons. The summed E-state index contributed by atoms with van der Waals surface area (Å²) in [4.78, 5) is 24.2. The predicted molar refractivity (Wildman–Crippen MR) is 70.4 cm³/mol. The van der Waals surface area contributed by atoms with Gasteiger partial charge in [0.2, 0.25) is 0 Å². The molecule has 17 heavy (non-hydrogen) atoms. The van der Waals surface area contributed by atoms with E-state index in [1.165, 1.54) is 4.90 Å². The molecule has 0 fully saturated rings. The predicted octanol–water partition coefficient (Wildman–Crippen LogP) is 1.49. The molecule has 0 bridgehead atoms. The van der Waals surface area contributed by atoms with Crippen molar-refractivity contribution >= 4 is 23.8 Å². The molecule has 0 aromatic rings. The summed E-state index contributed by atoms with van der Waals surface area (Å²) >= 11 is 1.65. The van der Waals surface area contributed by atoms with Gasteiger partial charge in [0.05, 0.1) is 0 Å². The topological polar surface area (TPSA) is 69.6 Å². The number of thioether (sulfide) groups is 1. The van der Waals surface area contributed by atoms with Crippen LogP contribution in [0.5, 0.6) is 0 Å². The largest absolute Gasteiger partial charge is 0.480 e. The van der Waals surface area contributed by atoms with Gasteiger partial charge in [0.25, 0.3) is 0 Å². The van der Waals surface area contributed by atoms with Crippen LogP contribution in [0.15, 0.2) is 0 Å². The zero-order valence-corrected chi connectivity index (χ0v) is 11.7. The Morgan fingerprint density at radius 3 is 2.41 bits per heavy atom. The average Bonchev–Trinajstić information content (AvgIpc) is 2.23. The molecule has 0 aliphatic rings. The van der Waals surface area contributed by atoms with Gasteiger partial charge in [0, 0.05) is 19.3 Å². The summed E-state index contributed by atoms with van der Waals surface area (Å²) in [7, 11) is 1.67. The number of amides is 2. The third kappa shape index (κ3) is 7.10. The molecule has 2 N–H and O–H groups in total. The van der Waals surface area contributed by atoms with Crippen molar-refractivity contribution in [3.05, 3.63) is 0 Å². The van der Waals surface area contributed by atoms with E-state index in [-0.39, 0.29) is 11.9 Å². The van der Waals surface area contributed by atoms with Gasteiger partial charge in [-0.05, 0) is 18.6 Å². The summed E-state index contributed by atoms with van der Waals surface area (Å²) < 4.78 is 0. The summed E-state index contributed by atoms with van der Waals surface area (Å²) in [5.74, 6) is 0.0875. The number of carbonyl (C=O) groups excluding carboxylic acids is 1. The Hall–Kier alpha value is -0.910. The van der Waals surface area contributed by atoms with Crippen LogP contribution >= 0.6 is 11.8 Å². The first-order valence-corrected chi connectivity index (χ1v) is 7.01. The second kappa shape index (κ2) is 8.22. The van der Waals surface area contributed by atoms with Crippen molar-refractivity contribution in [1.29, 1.82) is 0 Å². The van der Waals surface area contributed by atoms with Crippen LogP contribution in [0.3, 0.4) is 0 Å². The molecule has 5 nitrogen and oxygen atoms in total. The van der Waals surface area contributed by atoms with Crippen molar-refractivity contribution in [3.63, 3.8) is 0 Å². The van der Waals surface area contributed by atoms with Gasteiger partial charge in [-0.2, -0.15) is 11.8 Å². The van der Waals surface area contributed by atoms with Crippen LogP contribution in [0.25, 0.3) is 0 Å². The van der Waals surface area contributed by atoms with Crippen LogP contribution in [0.4, 0.5) is 4.79 Å². The maximum Gasteiger partial charge on any atom is 0.326 e. The fraction of sp³-hybridized carbons (Fsp3) is 0.818. The van der Waals surface area contributed by atoms with E-state index in [0.29, 0.717) is 13.0 Å². The number of hydrogen-bond acceptors (Lipinski definition) is 3. The fourth-order valence-corrected chi connectivity index (χ4v) is 1.74. The molecule has 100 valence electrons. The number of urea groups is 1. The summed E-state index contributed by atoms with van der Waals surface area (Å²) in [5, 5.41) is 11.5. The summed E-state index contributed by atoms with van der Waals surface area (Å²) in [6, 6.07) is -1.13. The lowest BCUT2D eigenvalue weighted by Crippen LogP contribution is -2.47. The summed E-state index contributed by atoms with van der Waals surface area (Å²) in [6.45, 7) is 4.47. The van der Waals surface area contributed by atoms with Crippen LogP contribution in [-0.2, 0) is 4.79 Å². The Morgan fingerprint density at radius 2 is 2.00 bits per heavy atom. The zero-order chi connectivity index (χ0) is 13.4. The molecule has 0 aromatic heterocycles. The molecular weight excluding hydrogens is 240 g/mol. The van der Waals surface area contributed by atoms with Crippen molar-refractivity contribution in [2.24, 2.45) is 5.92 Å². The van der Waals surface area contributed by atoms with E-state index in [1.54, 1.807) is 18.8 Å². The molecule has 0 rings (SSSR count). The Bertz CT molecular complexity index is 259. The quantitative estimate of drug-likeness (QED) is 0.729. The van der Waals surface area contributed by atoms with Gasteiger partial charge < -0.3 is 15.3 Å². The highest BCUT2D eigenvalue weighted by Gasteiger charge is 2.22. The highest BCUT2D eigenvalue weighted by molar-refractivity contribution is 7.98. The third-order valence-electron chi connectivity index (χ3n) is 2.28. The summed E-state index contributed by atoms with van der Waals surface area (Å²) in [6.07, 6.45) is 2.40. The molecule has 1 unspecified atom stereocenters. The minimum Gasteiger partial charge on any atom is -0.480 e. The van der Waals surface area contributed by atoms with Gasteiger partial charge in [-0.1, -0.05) is 13.8 Å². The molecule has 0 aromatic carbocycles. The minimum atomic E-state index is -0.981. The lowest BCUT2D eigenvalue weighted by Gasteiger charge is -2.22. The van der Waals surface area contributed by atoms with Crippen LogP contribution < -0.4 is 5.32 Å². The third-order valence-corrected chi connectivity index (χ3v) is 2.87. The van der Waals surface area contributed by atoms with Crippen molar-refractivity contribution in [2.45, 2.75) is 26.3 Å². The molecular formula is C11H22N2O3S. The first kappa shape index (κ1) is 16.1. The molecule has 0 heterocycles. The highest BCUT2D eigenvalue weighted by Crippen LogP contribution is 2.05. The molecule has 0 saturated carbocycles. The molecule has 0 aliphatic heterocycles. The maximum absolute atomic E-state index is 11.7. The Morgan fingerprint density at radius 1 is 1.41 bits per heavy atom. The second-order valence-corrected chi connectivity index (χ2v) is 5.37. The normalized spacial score (nSPS) is 12.3. The van der Waals surface area contributed by atoms with E-state index in [1.807, 2.05) is 20.1 Å². The van der Waals surface area contributed by atoms with E-state index >= 15 is 0 Å². The molecule has 1 atom stereocenters. The van der Waals surface area contributed by atoms with Gasteiger partial charge in [0.1, 0.15) is 6.04 Å². The lowest BCUT2D eigenvalue weighted by molar-refractivity contribution is -0.139. The molecule has 0 spiro atoms. The minimum absolute atomic E-state index is 0.230. The number of nitrogens with one attached hydrogen (secondary N) is 1. The van der Waals surface area contributed by atoms with Crippen molar-refractivity contribution < 1.29 is 14.7 Å². The van der Waals surface area contributed by atoms with Crippen LogP contribution in [-0.4, -0.2) is 53.6 Å². The number of rotatable bonds is 7. The van der Waals surface area contributed by atoms with Gasteiger partial charge >= 0.3 is 12.0 Å². The monoisotopic (exact) mass is 262 g/mol. The molecule has 6 heteroatoms. The van der Waals surface area contributed by atoms with Gasteiger partial charge in [-0.25, -0.2) is 9.59 Å². The van der Waals surface area contributed by atoms with Crippen molar-refractivity contribution in [3.8, 4) is 0 Å². The van der Waals surface area contributed by atoms with E-state index in [2.05, 4.69) is 5.32 Å². The molecule has 2 amide bonds. The first-order chi connectivity index (χ1) is 7.88. The Balaban J connectivity index is 4.25. The van der Waals surface area contributed by atoms with E-state index in [4.69, 9.17) is 5.11 Å². The van der Waals surface area contributed by atoms with E-state index in [9.17, 15) is 9.59 Å². The number of aliphatic carboxylic acids is 1. The van der Waals surface area contributed by atoms with Gasteiger partial charge in [-0.15, -0.1) is 0 Å². The van der Waals surface area contributed by atoms with Crippen LogP contribution in [0, 0.1) is 5.92 Å². The number of carboxylic acid groups (broad SMARTS) is 1. The number of carboxylic acids is 1. The molecule has 0 saturated heterocycles. The van der Waals surface area contributed by atoms with Crippen molar-refractivity contribution in [1.82, 2.24) is 10.2 Å². The van der Waals surface area contributed by atoms with Crippen LogP contribution in [0.1, 0.15) is 20.3 Å². The highest BCUT2D eigenvalue weighted by atomic mass is 32.2. The first-order valence-electron chi connectivity index (χ1n) is 5.61. The number of nitrogens with zero attached hydrogens (tertiary/aromatic N) is 1. The summed E-state index contributed by atoms with van der Waals surface area (Å²) in [5.41, 5.74) is 0. The number of carbonyl (C=O) groups is 2. The zero-order valence-electron chi connectivity index (χ0n) is 10.9. The van der Waals surface area contributed by atoms with Crippen molar-refractivity contribution in [2.75, 3.05) is 25.6 Å². The second-order valence-electron chi connectivity index (χ2n) is 4.38. The Kier molecular flexibility index (Phi) is 7.78. The lowest BCUT2D eigenvalue weighted by atomic mass is 10.0.